The van der Waals surface area contributed by atoms with E-state index < -0.39 is 11.3 Å². The molecule has 3 atom stereocenters. The fourth-order valence-electron chi connectivity index (χ4n) is 5.16. The minimum atomic E-state index is -1.66. The van der Waals surface area contributed by atoms with Gasteiger partial charge < -0.3 is 5.41 Å². The molecule has 1 N–H and O–H groups in total. The van der Waals surface area contributed by atoms with Gasteiger partial charge in [-0.15, -0.1) is 0 Å². The summed E-state index contributed by atoms with van der Waals surface area (Å²) >= 11 is 0. The van der Waals surface area contributed by atoms with Crippen molar-refractivity contribution in [1.82, 2.24) is 4.90 Å². The quantitative estimate of drug-likeness (QED) is 0.732. The lowest BCUT2D eigenvalue weighted by Crippen LogP contribution is -2.52. The van der Waals surface area contributed by atoms with Gasteiger partial charge >= 0.3 is 0 Å². The van der Waals surface area contributed by atoms with Crippen LogP contribution in [0.25, 0.3) is 0 Å². The van der Waals surface area contributed by atoms with Crippen molar-refractivity contribution in [1.29, 1.82) is 21.2 Å². The highest BCUT2D eigenvalue weighted by molar-refractivity contribution is 6.01. The highest BCUT2D eigenvalue weighted by Crippen LogP contribution is 2.52. The maximum absolute atomic E-state index is 10.1. The van der Waals surface area contributed by atoms with Crippen molar-refractivity contribution in [2.45, 2.75) is 25.8 Å². The lowest BCUT2D eigenvalue weighted by Gasteiger charge is -2.47. The van der Waals surface area contributed by atoms with Gasteiger partial charge in [-0.1, -0.05) is 67.6 Å². The molecule has 32 heavy (non-hydrogen) atoms. The predicted octanol–water partition coefficient (Wildman–Crippen LogP) is 4.60. The van der Waals surface area contributed by atoms with Crippen molar-refractivity contribution in [3.05, 3.63) is 82.9 Å². The smallest absolute Gasteiger partial charge is 0.203 e. The molecule has 1 aliphatic heterocycles. The number of benzene rings is 2. The normalized spacial score (nSPS) is 24.4. The Morgan fingerprint density at radius 3 is 2.28 bits per heavy atom. The molecule has 1 aliphatic carbocycles. The molecule has 1 saturated carbocycles. The first-order valence-electron chi connectivity index (χ1n) is 10.9. The van der Waals surface area contributed by atoms with Gasteiger partial charge in [0.15, 0.2) is 0 Å². The zero-order chi connectivity index (χ0) is 22.7. The van der Waals surface area contributed by atoms with Crippen LogP contribution in [0.3, 0.4) is 0 Å². The standard InChI is InChI=1S/C27H25N5/c1-2-19-8-10-21(11-9-19)25-22(14-28)26(31)27(17-29,18-30)24-12-13-32(16-23(24)25)15-20-6-4-3-5-7-20/h3-12,22-23,25,31H,2,13,15-16H2,1H3. The number of aryl methyl sites for hydroxylation is 1. The van der Waals surface area contributed by atoms with E-state index in [-0.39, 0.29) is 17.5 Å². The number of nitriles is 3. The van der Waals surface area contributed by atoms with E-state index >= 15 is 0 Å². The Bertz CT molecular complexity index is 1140. The monoisotopic (exact) mass is 419 g/mol. The average Bonchev–Trinajstić information content (AvgIpc) is 2.84. The molecule has 158 valence electrons. The number of rotatable bonds is 4. The van der Waals surface area contributed by atoms with Crippen LogP contribution >= 0.6 is 0 Å². The van der Waals surface area contributed by atoms with E-state index in [1.54, 1.807) is 0 Å². The minimum absolute atomic E-state index is 0.0893. The summed E-state index contributed by atoms with van der Waals surface area (Å²) in [4.78, 5) is 2.29. The van der Waals surface area contributed by atoms with Crippen LogP contribution in [0.2, 0.25) is 0 Å². The second-order valence-electron chi connectivity index (χ2n) is 8.56. The number of nitrogens with one attached hydrogen (secondary N) is 1. The molecule has 0 spiro atoms. The number of nitrogens with zero attached hydrogens (tertiary/aromatic N) is 4. The van der Waals surface area contributed by atoms with Gasteiger partial charge in [0.1, 0.15) is 0 Å². The second-order valence-corrected chi connectivity index (χ2v) is 8.56. The first kappa shape index (κ1) is 21.5. The molecule has 1 heterocycles. The molecule has 3 unspecified atom stereocenters. The molecule has 2 aromatic rings. The summed E-state index contributed by atoms with van der Waals surface area (Å²) in [5.41, 5.74) is 2.33. The van der Waals surface area contributed by atoms with E-state index in [0.29, 0.717) is 18.7 Å². The maximum Gasteiger partial charge on any atom is 0.203 e. The van der Waals surface area contributed by atoms with Gasteiger partial charge in [-0.05, 0) is 28.7 Å². The first-order chi connectivity index (χ1) is 15.6. The van der Waals surface area contributed by atoms with Crippen LogP contribution < -0.4 is 0 Å². The fourth-order valence-corrected chi connectivity index (χ4v) is 5.16. The van der Waals surface area contributed by atoms with E-state index in [1.165, 1.54) is 11.1 Å². The van der Waals surface area contributed by atoms with Crippen LogP contribution in [-0.2, 0) is 13.0 Å². The minimum Gasteiger partial charge on any atom is -0.305 e. The molecule has 0 radical (unpaired) electrons. The van der Waals surface area contributed by atoms with Crippen molar-refractivity contribution >= 4 is 5.71 Å². The summed E-state index contributed by atoms with van der Waals surface area (Å²) in [6.45, 7) is 4.10. The first-order valence-corrected chi connectivity index (χ1v) is 10.9. The molecular formula is C27H25N5. The molecule has 2 aliphatic rings. The van der Waals surface area contributed by atoms with Gasteiger partial charge in [0.25, 0.3) is 0 Å². The van der Waals surface area contributed by atoms with Crippen molar-refractivity contribution in [2.75, 3.05) is 13.1 Å². The van der Waals surface area contributed by atoms with Crippen molar-refractivity contribution in [3.63, 3.8) is 0 Å². The molecule has 5 heteroatoms. The molecule has 0 aromatic heterocycles. The van der Waals surface area contributed by atoms with Crippen molar-refractivity contribution in [3.8, 4) is 18.2 Å². The van der Waals surface area contributed by atoms with E-state index in [0.717, 1.165) is 18.5 Å². The molecule has 0 saturated heterocycles. The highest BCUT2D eigenvalue weighted by atomic mass is 15.1. The molecule has 2 aromatic carbocycles. The molecule has 4 rings (SSSR count). The highest BCUT2D eigenvalue weighted by Gasteiger charge is 2.56. The van der Waals surface area contributed by atoms with Gasteiger partial charge in [0, 0.05) is 31.5 Å². The Hall–Kier alpha value is -3.72. The van der Waals surface area contributed by atoms with Gasteiger partial charge in [-0.3, -0.25) is 4.90 Å². The molecular weight excluding hydrogens is 394 g/mol. The van der Waals surface area contributed by atoms with Crippen LogP contribution in [0, 0.1) is 56.7 Å². The summed E-state index contributed by atoms with van der Waals surface area (Å²) < 4.78 is 0. The van der Waals surface area contributed by atoms with Crippen molar-refractivity contribution in [2.24, 2.45) is 17.3 Å². The largest absolute Gasteiger partial charge is 0.305 e. The lowest BCUT2D eigenvalue weighted by molar-refractivity contribution is 0.203. The van der Waals surface area contributed by atoms with E-state index in [9.17, 15) is 15.8 Å². The average molecular weight is 420 g/mol. The topological polar surface area (TPSA) is 98.5 Å². The van der Waals surface area contributed by atoms with Gasteiger partial charge in [0.05, 0.1) is 29.8 Å². The zero-order valence-electron chi connectivity index (χ0n) is 18.1. The molecule has 0 bridgehead atoms. The molecule has 1 fully saturated rings. The number of hydrogen-bond acceptors (Lipinski definition) is 5. The predicted molar refractivity (Wildman–Crippen MR) is 122 cm³/mol. The van der Waals surface area contributed by atoms with Gasteiger partial charge in [-0.25, -0.2) is 0 Å². The maximum atomic E-state index is 10.1. The summed E-state index contributed by atoms with van der Waals surface area (Å²) in [6.07, 6.45) is 2.88. The Morgan fingerprint density at radius 1 is 1.00 bits per heavy atom. The van der Waals surface area contributed by atoms with Crippen LogP contribution in [0.1, 0.15) is 29.5 Å². The van der Waals surface area contributed by atoms with Gasteiger partial charge in [0.2, 0.25) is 5.41 Å². The Kier molecular flexibility index (Phi) is 5.91. The Balaban J connectivity index is 1.79. The van der Waals surface area contributed by atoms with E-state index in [4.69, 9.17) is 5.41 Å². The summed E-state index contributed by atoms with van der Waals surface area (Å²) in [6, 6.07) is 24.9. The summed E-state index contributed by atoms with van der Waals surface area (Å²) in [5.74, 6) is -1.27. The molecule has 0 amide bonds. The SMILES string of the molecule is CCc1ccc(C2C(C#N)C(=N)C(C#N)(C#N)C3=CCN(Cc4ccccc4)CC32)cc1. The van der Waals surface area contributed by atoms with E-state index in [2.05, 4.69) is 54.3 Å². The van der Waals surface area contributed by atoms with Gasteiger partial charge in [-0.2, -0.15) is 15.8 Å². The van der Waals surface area contributed by atoms with E-state index in [1.807, 2.05) is 36.4 Å². The molecule has 5 nitrogen and oxygen atoms in total. The van der Waals surface area contributed by atoms with Crippen molar-refractivity contribution < 1.29 is 0 Å². The third-order valence-corrected chi connectivity index (χ3v) is 6.86. The summed E-state index contributed by atoms with van der Waals surface area (Å²) in [5, 5.41) is 38.8. The summed E-state index contributed by atoms with van der Waals surface area (Å²) in [7, 11) is 0. The van der Waals surface area contributed by atoms with Crippen LogP contribution in [-0.4, -0.2) is 23.7 Å². The van der Waals surface area contributed by atoms with Crippen LogP contribution in [0.4, 0.5) is 0 Å². The number of hydrogen-bond donors (Lipinski definition) is 1. The van der Waals surface area contributed by atoms with Crippen LogP contribution in [0.15, 0.2) is 66.2 Å². The van der Waals surface area contributed by atoms with Crippen LogP contribution in [0.5, 0.6) is 0 Å². The third kappa shape index (κ3) is 3.50. The second kappa shape index (κ2) is 8.80. The Morgan fingerprint density at radius 2 is 1.69 bits per heavy atom. The lowest BCUT2D eigenvalue weighted by atomic mass is 9.55. The third-order valence-electron chi connectivity index (χ3n) is 6.86. The fraction of sp³-hybridized carbons (Fsp3) is 0.333. The Labute approximate surface area is 189 Å². The zero-order valence-corrected chi connectivity index (χ0v) is 18.1. The number of fused-ring (bicyclic) bond motifs is 1.